The quantitative estimate of drug-likeness (QED) is 0.179. The summed E-state index contributed by atoms with van der Waals surface area (Å²) in [6.07, 6.45) is 6.27. The van der Waals surface area contributed by atoms with E-state index in [1.165, 1.54) is 16.1 Å². The number of amides is 1. The standard InChI is InChI=1S/C32H34N4O6S3/c1-2-41-31(38)22-13-15-34(16-14-22)45(39,40)27-12-6-8-23(18-27)29-24(20-36(33-29)25-9-4-3-5-10-25)19-28-30(37)35(32(43)44-28)21-26-11-7-17-42-26/h3-6,8-10,12,18-20,22,26H,2,7,11,13-17,21H2,1H3/b28-19-. The maximum absolute atomic E-state index is 13.7. The Labute approximate surface area is 272 Å². The smallest absolute Gasteiger partial charge is 0.309 e. The van der Waals surface area contributed by atoms with Crippen molar-refractivity contribution in [3.05, 3.63) is 71.3 Å². The van der Waals surface area contributed by atoms with Crippen molar-refractivity contribution in [3.63, 3.8) is 0 Å². The fraction of sp³-hybridized carbons (Fsp3) is 0.375. The first-order chi connectivity index (χ1) is 21.7. The van der Waals surface area contributed by atoms with Crippen LogP contribution < -0.4 is 0 Å². The molecule has 1 amide bonds. The van der Waals surface area contributed by atoms with E-state index >= 15 is 0 Å². The highest BCUT2D eigenvalue weighted by molar-refractivity contribution is 8.26. The zero-order chi connectivity index (χ0) is 31.6. The molecule has 4 heterocycles. The van der Waals surface area contributed by atoms with Crippen LogP contribution in [-0.2, 0) is 29.1 Å². The van der Waals surface area contributed by atoms with Crippen LogP contribution in [0.1, 0.15) is 38.2 Å². The second-order valence-corrected chi connectivity index (χ2v) is 14.7. The largest absolute Gasteiger partial charge is 0.466 e. The third-order valence-electron chi connectivity index (χ3n) is 8.15. The molecule has 1 atom stereocenters. The summed E-state index contributed by atoms with van der Waals surface area (Å²) in [6, 6.07) is 16.3. The number of rotatable bonds is 9. The number of carbonyl (C=O) groups excluding carboxylic acids is 2. The number of para-hydroxylation sites is 1. The summed E-state index contributed by atoms with van der Waals surface area (Å²) >= 11 is 6.80. The Kier molecular flexibility index (Phi) is 9.52. The number of aromatic nitrogens is 2. The SMILES string of the molecule is CCOC(=O)C1CCN(S(=O)(=O)c2cccc(-c3nn(-c4ccccc4)cc3/C=C3\SC(=S)N(CC4CCCO4)C3=O)c2)CC1. The summed E-state index contributed by atoms with van der Waals surface area (Å²) in [7, 11) is -3.83. The van der Waals surface area contributed by atoms with E-state index < -0.39 is 10.0 Å². The number of thioether (sulfide) groups is 1. The normalized spacial score (nSPS) is 20.8. The predicted octanol–water partition coefficient (Wildman–Crippen LogP) is 4.88. The van der Waals surface area contributed by atoms with Crippen LogP contribution in [0.3, 0.4) is 0 Å². The van der Waals surface area contributed by atoms with Gasteiger partial charge in [0.1, 0.15) is 10.0 Å². The summed E-state index contributed by atoms with van der Waals surface area (Å²) in [4.78, 5) is 27.8. The van der Waals surface area contributed by atoms with Crippen molar-refractivity contribution in [1.82, 2.24) is 19.0 Å². The van der Waals surface area contributed by atoms with E-state index in [2.05, 4.69) is 0 Å². The average molecular weight is 667 g/mol. The molecule has 0 saturated carbocycles. The van der Waals surface area contributed by atoms with Crippen molar-refractivity contribution in [2.24, 2.45) is 5.92 Å². The van der Waals surface area contributed by atoms with Gasteiger partial charge in [0.25, 0.3) is 5.91 Å². The number of benzene rings is 2. The van der Waals surface area contributed by atoms with Crippen LogP contribution in [0.15, 0.2) is 70.6 Å². The van der Waals surface area contributed by atoms with Crippen molar-refractivity contribution in [3.8, 4) is 16.9 Å². The number of piperidine rings is 1. The Morgan fingerprint density at radius 2 is 1.91 bits per heavy atom. The first-order valence-corrected chi connectivity index (χ1v) is 17.7. The number of esters is 1. The number of carbonyl (C=O) groups is 2. The third kappa shape index (κ3) is 6.77. The van der Waals surface area contributed by atoms with Crippen molar-refractivity contribution < 1.29 is 27.5 Å². The average Bonchev–Trinajstić information content (AvgIpc) is 3.79. The molecule has 3 aliphatic rings. The summed E-state index contributed by atoms with van der Waals surface area (Å²) < 4.78 is 41.9. The van der Waals surface area contributed by atoms with E-state index in [0.717, 1.165) is 18.5 Å². The van der Waals surface area contributed by atoms with E-state index in [1.807, 2.05) is 42.6 Å². The van der Waals surface area contributed by atoms with Gasteiger partial charge in [0, 0.05) is 37.0 Å². The molecule has 0 radical (unpaired) electrons. The summed E-state index contributed by atoms with van der Waals surface area (Å²) in [5.41, 5.74) is 2.59. The van der Waals surface area contributed by atoms with Gasteiger partial charge in [-0.25, -0.2) is 13.1 Å². The first kappa shape index (κ1) is 31.6. The lowest BCUT2D eigenvalue weighted by molar-refractivity contribution is -0.149. The molecule has 2 aromatic carbocycles. The van der Waals surface area contributed by atoms with E-state index in [-0.39, 0.29) is 41.9 Å². The van der Waals surface area contributed by atoms with E-state index in [1.54, 1.807) is 40.8 Å². The molecular weight excluding hydrogens is 633 g/mol. The molecule has 236 valence electrons. The predicted molar refractivity (Wildman–Crippen MR) is 176 cm³/mol. The second-order valence-electron chi connectivity index (χ2n) is 11.1. The van der Waals surface area contributed by atoms with Crippen LogP contribution in [0.5, 0.6) is 0 Å². The van der Waals surface area contributed by atoms with Gasteiger partial charge in [0.2, 0.25) is 10.0 Å². The zero-order valence-electron chi connectivity index (χ0n) is 24.8. The van der Waals surface area contributed by atoms with Crippen LogP contribution in [0.2, 0.25) is 0 Å². The molecule has 0 spiro atoms. The fourth-order valence-corrected chi connectivity index (χ4v) is 8.55. The van der Waals surface area contributed by atoms with Gasteiger partial charge in [0.05, 0.1) is 40.7 Å². The molecular formula is C32H34N4O6S3. The summed E-state index contributed by atoms with van der Waals surface area (Å²) in [5, 5.41) is 4.85. The minimum atomic E-state index is -3.83. The molecule has 3 saturated heterocycles. The Bertz CT molecular complexity index is 1730. The van der Waals surface area contributed by atoms with E-state index in [9.17, 15) is 18.0 Å². The number of nitrogens with zero attached hydrogens (tertiary/aromatic N) is 4. The molecule has 10 nitrogen and oxygen atoms in total. The van der Waals surface area contributed by atoms with Crippen LogP contribution in [0.25, 0.3) is 23.0 Å². The lowest BCUT2D eigenvalue weighted by Gasteiger charge is -2.30. The minimum absolute atomic E-state index is 0.0242. The number of ether oxygens (including phenoxy) is 2. The van der Waals surface area contributed by atoms with Crippen molar-refractivity contribution in [2.75, 3.05) is 32.8 Å². The van der Waals surface area contributed by atoms with Crippen molar-refractivity contribution in [2.45, 2.75) is 43.6 Å². The minimum Gasteiger partial charge on any atom is -0.466 e. The van der Waals surface area contributed by atoms with Gasteiger partial charge < -0.3 is 9.47 Å². The molecule has 13 heteroatoms. The Hall–Kier alpha value is -3.36. The number of sulfonamides is 1. The molecule has 1 unspecified atom stereocenters. The molecule has 3 fully saturated rings. The number of thiocarbonyl (C=S) groups is 1. The Balaban J connectivity index is 1.31. The number of hydrogen-bond donors (Lipinski definition) is 0. The highest BCUT2D eigenvalue weighted by Gasteiger charge is 2.36. The molecule has 0 N–H and O–H groups in total. The maximum Gasteiger partial charge on any atom is 0.309 e. The van der Waals surface area contributed by atoms with Crippen molar-refractivity contribution >= 4 is 56.3 Å². The highest BCUT2D eigenvalue weighted by atomic mass is 32.2. The Morgan fingerprint density at radius 3 is 2.62 bits per heavy atom. The van der Waals surface area contributed by atoms with Gasteiger partial charge in [0.15, 0.2) is 0 Å². The van der Waals surface area contributed by atoms with E-state index in [4.69, 9.17) is 26.8 Å². The van der Waals surface area contributed by atoms with Gasteiger partial charge in [-0.05, 0) is 62.9 Å². The van der Waals surface area contributed by atoms with Crippen LogP contribution in [0.4, 0.5) is 0 Å². The zero-order valence-corrected chi connectivity index (χ0v) is 27.3. The molecule has 3 aliphatic heterocycles. The molecule has 0 bridgehead atoms. The van der Waals surface area contributed by atoms with Gasteiger partial charge in [-0.15, -0.1) is 0 Å². The van der Waals surface area contributed by atoms with Crippen LogP contribution in [0, 0.1) is 5.92 Å². The monoisotopic (exact) mass is 666 g/mol. The van der Waals surface area contributed by atoms with Gasteiger partial charge in [-0.2, -0.15) is 9.40 Å². The Morgan fingerprint density at radius 1 is 1.13 bits per heavy atom. The summed E-state index contributed by atoms with van der Waals surface area (Å²) in [6.45, 7) is 3.65. The van der Waals surface area contributed by atoms with Crippen molar-refractivity contribution in [1.29, 1.82) is 0 Å². The molecule has 45 heavy (non-hydrogen) atoms. The molecule has 0 aliphatic carbocycles. The molecule has 6 rings (SSSR count). The van der Waals surface area contributed by atoms with Gasteiger partial charge in [-0.3, -0.25) is 14.5 Å². The number of hydrogen-bond acceptors (Lipinski definition) is 9. The third-order valence-corrected chi connectivity index (χ3v) is 11.4. The molecule has 3 aromatic rings. The molecule has 1 aromatic heterocycles. The van der Waals surface area contributed by atoms with Crippen LogP contribution >= 0.6 is 24.0 Å². The lowest BCUT2D eigenvalue weighted by atomic mass is 9.98. The lowest BCUT2D eigenvalue weighted by Crippen LogP contribution is -2.40. The fourth-order valence-electron chi connectivity index (χ4n) is 5.77. The van der Waals surface area contributed by atoms with E-state index in [0.29, 0.717) is 58.6 Å². The van der Waals surface area contributed by atoms with Gasteiger partial charge >= 0.3 is 5.97 Å². The first-order valence-electron chi connectivity index (χ1n) is 15.0. The maximum atomic E-state index is 13.7. The topological polar surface area (TPSA) is 111 Å². The summed E-state index contributed by atoms with van der Waals surface area (Å²) in [5.74, 6) is -0.755. The highest BCUT2D eigenvalue weighted by Crippen LogP contribution is 2.36. The van der Waals surface area contributed by atoms with Gasteiger partial charge in [-0.1, -0.05) is 54.3 Å². The van der Waals surface area contributed by atoms with Crippen LogP contribution in [-0.4, -0.2) is 82.6 Å². The second kappa shape index (κ2) is 13.6.